The molecule has 1 N–H and O–H groups in total. The third-order valence-corrected chi connectivity index (χ3v) is 4.03. The number of hydrogen-bond acceptors (Lipinski definition) is 5. The highest BCUT2D eigenvalue weighted by Crippen LogP contribution is 2.30. The van der Waals surface area contributed by atoms with Crippen LogP contribution in [-0.2, 0) is 0 Å². The second-order valence-corrected chi connectivity index (χ2v) is 5.87. The molecule has 0 atom stereocenters. The Kier molecular flexibility index (Phi) is 4.39. The van der Waals surface area contributed by atoms with E-state index in [1.807, 2.05) is 13.0 Å². The van der Waals surface area contributed by atoms with Crippen LogP contribution in [0.1, 0.15) is 19.2 Å². The first kappa shape index (κ1) is 12.4. The zero-order valence-corrected chi connectivity index (χ0v) is 11.6. The maximum Gasteiger partial charge on any atom is 0.130 e. The Balaban J connectivity index is 2.13. The molecule has 0 fully saturated rings. The quantitative estimate of drug-likeness (QED) is 0.834. The zero-order valence-electron chi connectivity index (χ0n) is 9.93. The van der Waals surface area contributed by atoms with Crippen molar-refractivity contribution in [3.8, 4) is 0 Å². The maximum atomic E-state index is 4.44. The lowest BCUT2D eigenvalue weighted by Gasteiger charge is -2.06. The molecule has 0 aromatic carbocycles. The Morgan fingerprint density at radius 2 is 2.29 bits per heavy atom. The topological polar surface area (TPSA) is 37.8 Å². The van der Waals surface area contributed by atoms with Gasteiger partial charge in [0.2, 0.25) is 0 Å². The Morgan fingerprint density at radius 3 is 3.00 bits per heavy atom. The van der Waals surface area contributed by atoms with Crippen molar-refractivity contribution in [3.05, 3.63) is 29.4 Å². The van der Waals surface area contributed by atoms with E-state index in [2.05, 4.69) is 39.7 Å². The molecule has 2 aromatic rings. The molecule has 0 aliphatic heterocycles. The Bertz CT molecular complexity index is 469. The highest BCUT2D eigenvalue weighted by Gasteiger charge is 2.04. The van der Waals surface area contributed by atoms with Gasteiger partial charge < -0.3 is 5.32 Å². The SMILES string of the molecule is CCCNc1cc(Sc2cccs2)nc(C)n1. The van der Waals surface area contributed by atoms with Crippen molar-refractivity contribution in [2.75, 3.05) is 11.9 Å². The van der Waals surface area contributed by atoms with Crippen LogP contribution in [0, 0.1) is 6.92 Å². The standard InChI is InChI=1S/C12H15N3S2/c1-3-6-13-10-8-11(15-9(2)14-10)17-12-5-4-7-16-12/h4-5,7-8H,3,6H2,1-2H3,(H,13,14,15). The second kappa shape index (κ2) is 6.02. The largest absolute Gasteiger partial charge is 0.370 e. The molecule has 17 heavy (non-hydrogen) atoms. The summed E-state index contributed by atoms with van der Waals surface area (Å²) in [7, 11) is 0. The fraction of sp³-hybridized carbons (Fsp3) is 0.333. The van der Waals surface area contributed by atoms with E-state index in [0.717, 1.165) is 29.6 Å². The van der Waals surface area contributed by atoms with E-state index in [4.69, 9.17) is 0 Å². The molecule has 0 bridgehead atoms. The second-order valence-electron chi connectivity index (χ2n) is 3.60. The molecule has 3 nitrogen and oxygen atoms in total. The van der Waals surface area contributed by atoms with E-state index in [0.29, 0.717) is 0 Å². The normalized spacial score (nSPS) is 10.5. The zero-order chi connectivity index (χ0) is 12.1. The summed E-state index contributed by atoms with van der Waals surface area (Å²) in [5, 5.41) is 6.37. The minimum absolute atomic E-state index is 0.810. The molecule has 2 rings (SSSR count). The van der Waals surface area contributed by atoms with Crippen LogP contribution < -0.4 is 5.32 Å². The van der Waals surface area contributed by atoms with Crippen molar-refractivity contribution in [1.82, 2.24) is 9.97 Å². The smallest absolute Gasteiger partial charge is 0.130 e. The third kappa shape index (κ3) is 3.71. The summed E-state index contributed by atoms with van der Waals surface area (Å²) in [6, 6.07) is 6.16. The fourth-order valence-corrected chi connectivity index (χ4v) is 3.13. The third-order valence-electron chi connectivity index (χ3n) is 2.07. The number of aryl methyl sites for hydroxylation is 1. The van der Waals surface area contributed by atoms with Gasteiger partial charge in [0.15, 0.2) is 0 Å². The van der Waals surface area contributed by atoms with Crippen LogP contribution in [-0.4, -0.2) is 16.5 Å². The van der Waals surface area contributed by atoms with E-state index in [1.54, 1.807) is 23.1 Å². The first-order valence-electron chi connectivity index (χ1n) is 5.59. The van der Waals surface area contributed by atoms with Crippen molar-refractivity contribution >= 4 is 28.9 Å². The van der Waals surface area contributed by atoms with E-state index < -0.39 is 0 Å². The van der Waals surface area contributed by atoms with Gasteiger partial charge >= 0.3 is 0 Å². The molecule has 5 heteroatoms. The van der Waals surface area contributed by atoms with Gasteiger partial charge in [0, 0.05) is 12.6 Å². The molecule has 90 valence electrons. The number of anilines is 1. The average molecular weight is 265 g/mol. The molecule has 0 aliphatic rings. The molecule has 0 unspecified atom stereocenters. The monoisotopic (exact) mass is 265 g/mol. The van der Waals surface area contributed by atoms with Gasteiger partial charge in [-0.1, -0.05) is 24.8 Å². The van der Waals surface area contributed by atoms with Crippen LogP contribution in [0.2, 0.25) is 0 Å². The molecule has 0 saturated heterocycles. The highest BCUT2D eigenvalue weighted by atomic mass is 32.2. The van der Waals surface area contributed by atoms with Gasteiger partial charge in [0.25, 0.3) is 0 Å². The molecule has 0 radical (unpaired) electrons. The minimum atomic E-state index is 0.810. The molecular weight excluding hydrogens is 250 g/mol. The summed E-state index contributed by atoms with van der Waals surface area (Å²) in [6.07, 6.45) is 1.09. The number of hydrogen-bond donors (Lipinski definition) is 1. The molecule has 0 amide bonds. The van der Waals surface area contributed by atoms with E-state index >= 15 is 0 Å². The predicted molar refractivity (Wildman–Crippen MR) is 74.0 cm³/mol. The van der Waals surface area contributed by atoms with Crippen molar-refractivity contribution < 1.29 is 0 Å². The van der Waals surface area contributed by atoms with Crippen LogP contribution in [0.4, 0.5) is 5.82 Å². The van der Waals surface area contributed by atoms with Crippen LogP contribution >= 0.6 is 23.1 Å². The van der Waals surface area contributed by atoms with Crippen LogP contribution in [0.25, 0.3) is 0 Å². The number of nitrogens with one attached hydrogen (secondary N) is 1. The fourth-order valence-electron chi connectivity index (χ4n) is 1.36. The number of rotatable bonds is 5. The maximum absolute atomic E-state index is 4.44. The average Bonchev–Trinajstić information content (AvgIpc) is 2.78. The first-order valence-corrected chi connectivity index (χ1v) is 7.28. The molecule has 0 aliphatic carbocycles. The lowest BCUT2D eigenvalue weighted by atomic mass is 10.4. The summed E-state index contributed by atoms with van der Waals surface area (Å²) < 4.78 is 1.25. The van der Waals surface area contributed by atoms with Gasteiger partial charge in [0.1, 0.15) is 16.7 Å². The summed E-state index contributed by atoms with van der Waals surface area (Å²) in [5.41, 5.74) is 0. The molecule has 2 heterocycles. The van der Waals surface area contributed by atoms with Crippen molar-refractivity contribution in [2.24, 2.45) is 0 Å². The van der Waals surface area contributed by atoms with Gasteiger partial charge in [-0.2, -0.15) is 0 Å². The van der Waals surface area contributed by atoms with Gasteiger partial charge in [-0.05, 0) is 24.8 Å². The molecule has 0 saturated carbocycles. The number of thiophene rings is 1. The van der Waals surface area contributed by atoms with Crippen molar-refractivity contribution in [3.63, 3.8) is 0 Å². The Labute approximate surface area is 110 Å². The Morgan fingerprint density at radius 1 is 1.41 bits per heavy atom. The highest BCUT2D eigenvalue weighted by molar-refractivity contribution is 8.01. The number of nitrogens with zero attached hydrogens (tertiary/aromatic N) is 2. The summed E-state index contributed by atoms with van der Waals surface area (Å²) >= 11 is 3.41. The number of aromatic nitrogens is 2. The van der Waals surface area contributed by atoms with Crippen LogP contribution in [0.5, 0.6) is 0 Å². The first-order chi connectivity index (χ1) is 8.28. The van der Waals surface area contributed by atoms with E-state index in [-0.39, 0.29) is 0 Å². The van der Waals surface area contributed by atoms with Crippen LogP contribution in [0.15, 0.2) is 32.8 Å². The molecular formula is C12H15N3S2. The van der Waals surface area contributed by atoms with Gasteiger partial charge in [-0.25, -0.2) is 9.97 Å². The van der Waals surface area contributed by atoms with Gasteiger partial charge in [-0.3, -0.25) is 0 Å². The van der Waals surface area contributed by atoms with Crippen molar-refractivity contribution in [2.45, 2.75) is 29.5 Å². The van der Waals surface area contributed by atoms with Crippen LogP contribution in [0.3, 0.4) is 0 Å². The van der Waals surface area contributed by atoms with Gasteiger partial charge in [-0.15, -0.1) is 11.3 Å². The molecule has 0 spiro atoms. The predicted octanol–water partition coefficient (Wildman–Crippen LogP) is 3.82. The minimum Gasteiger partial charge on any atom is -0.370 e. The van der Waals surface area contributed by atoms with Gasteiger partial charge in [0.05, 0.1) is 4.21 Å². The molecule has 2 aromatic heterocycles. The summed E-state index contributed by atoms with van der Waals surface area (Å²) in [4.78, 5) is 8.80. The lowest BCUT2D eigenvalue weighted by molar-refractivity contribution is 0.928. The van der Waals surface area contributed by atoms with Crippen molar-refractivity contribution in [1.29, 1.82) is 0 Å². The Hall–Kier alpha value is -1.07. The summed E-state index contributed by atoms with van der Waals surface area (Å²) in [5.74, 6) is 1.73. The van der Waals surface area contributed by atoms with E-state index in [1.165, 1.54) is 4.21 Å². The lowest BCUT2D eigenvalue weighted by Crippen LogP contribution is -2.03. The van der Waals surface area contributed by atoms with E-state index in [9.17, 15) is 0 Å². The summed E-state index contributed by atoms with van der Waals surface area (Å²) in [6.45, 7) is 5.01.